The molecule has 0 saturated carbocycles. The van der Waals surface area contributed by atoms with Crippen LogP contribution in [0.15, 0.2) is 52.4 Å². The predicted octanol–water partition coefficient (Wildman–Crippen LogP) is 4.33. The number of thioether (sulfide) groups is 1. The van der Waals surface area contributed by atoms with Crippen LogP contribution in [0.25, 0.3) is 0 Å². The van der Waals surface area contributed by atoms with Crippen LogP contribution in [0.3, 0.4) is 0 Å². The first-order valence-electron chi connectivity index (χ1n) is 7.34. The van der Waals surface area contributed by atoms with Gasteiger partial charge < -0.3 is 5.32 Å². The highest BCUT2D eigenvalue weighted by Gasteiger charge is 2.31. The number of rotatable bonds is 4. The van der Waals surface area contributed by atoms with Crippen LogP contribution in [0.1, 0.15) is 28.3 Å². The molecule has 1 aromatic carbocycles. The summed E-state index contributed by atoms with van der Waals surface area (Å²) < 4.78 is 0. The number of amides is 1. The molecule has 3 nitrogen and oxygen atoms in total. The molecule has 1 amide bonds. The lowest BCUT2D eigenvalue weighted by Gasteiger charge is -2.24. The Bertz CT molecular complexity index is 787. The van der Waals surface area contributed by atoms with Crippen LogP contribution in [-0.2, 0) is 10.5 Å². The number of aryl methyl sites for hydroxylation is 1. The van der Waals surface area contributed by atoms with Crippen molar-refractivity contribution < 1.29 is 4.79 Å². The summed E-state index contributed by atoms with van der Waals surface area (Å²) >= 11 is 3.14. The number of carbonyl (C=O) groups is 1. The van der Waals surface area contributed by atoms with Gasteiger partial charge in [-0.25, -0.2) is 0 Å². The first-order valence-corrected chi connectivity index (χ1v) is 9.20. The molecule has 2 heterocycles. The zero-order chi connectivity index (χ0) is 16.2. The molecule has 2 aromatic rings. The van der Waals surface area contributed by atoms with Crippen LogP contribution in [0.4, 0.5) is 0 Å². The molecule has 3 rings (SSSR count). The summed E-state index contributed by atoms with van der Waals surface area (Å²) in [5.74, 6) is 0.599. The molecule has 5 heteroatoms. The summed E-state index contributed by atoms with van der Waals surface area (Å²) in [7, 11) is 0. The predicted molar refractivity (Wildman–Crippen MR) is 94.9 cm³/mol. The maximum atomic E-state index is 12.1. The quantitative estimate of drug-likeness (QED) is 0.901. The van der Waals surface area contributed by atoms with Crippen molar-refractivity contribution in [2.75, 3.05) is 0 Å². The largest absolute Gasteiger partial charge is 0.320 e. The number of carbonyl (C=O) groups excluding carboxylic acids is 1. The normalized spacial score (nSPS) is 17.7. The molecule has 116 valence electrons. The Hall–Kier alpha value is -2.03. The molecule has 1 aromatic heterocycles. The smallest absolute Gasteiger partial charge is 0.225 e. The minimum absolute atomic E-state index is 0.0163. The number of hydrogen-bond donors (Lipinski definition) is 1. The number of benzene rings is 1. The summed E-state index contributed by atoms with van der Waals surface area (Å²) in [5.41, 5.74) is 3.00. The fourth-order valence-corrected chi connectivity index (χ4v) is 4.70. The van der Waals surface area contributed by atoms with E-state index < -0.39 is 0 Å². The van der Waals surface area contributed by atoms with Crippen molar-refractivity contribution in [3.8, 4) is 6.07 Å². The minimum Gasteiger partial charge on any atom is -0.320 e. The molecule has 0 saturated heterocycles. The van der Waals surface area contributed by atoms with Gasteiger partial charge in [-0.3, -0.25) is 4.79 Å². The van der Waals surface area contributed by atoms with Crippen LogP contribution in [0.2, 0.25) is 0 Å². The molecular weight excluding hydrogens is 324 g/mol. The highest BCUT2D eigenvalue weighted by Crippen LogP contribution is 2.40. The SMILES string of the molecule is Cc1ccsc1[C@@H]1CC(=O)NC(SCc2ccccc2)=C1C#N. The van der Waals surface area contributed by atoms with Crippen LogP contribution in [-0.4, -0.2) is 5.91 Å². The summed E-state index contributed by atoms with van der Waals surface area (Å²) in [6.45, 7) is 2.03. The molecule has 0 aliphatic carbocycles. The van der Waals surface area contributed by atoms with Crippen molar-refractivity contribution in [3.63, 3.8) is 0 Å². The molecule has 1 aliphatic heterocycles. The summed E-state index contributed by atoms with van der Waals surface area (Å²) in [6, 6.07) is 14.4. The maximum absolute atomic E-state index is 12.1. The lowest BCUT2D eigenvalue weighted by Crippen LogP contribution is -2.30. The molecule has 23 heavy (non-hydrogen) atoms. The van der Waals surface area contributed by atoms with Crippen molar-refractivity contribution in [1.82, 2.24) is 5.32 Å². The Morgan fingerprint density at radius 1 is 1.35 bits per heavy atom. The van der Waals surface area contributed by atoms with Gasteiger partial charge in [-0.05, 0) is 29.5 Å². The zero-order valence-electron chi connectivity index (χ0n) is 12.7. The van der Waals surface area contributed by atoms with Crippen LogP contribution in [0, 0.1) is 18.3 Å². The molecule has 0 radical (unpaired) electrons. The highest BCUT2D eigenvalue weighted by atomic mass is 32.2. The Kier molecular flexibility index (Phi) is 4.85. The van der Waals surface area contributed by atoms with E-state index in [9.17, 15) is 10.1 Å². The standard InChI is InChI=1S/C18H16N2OS2/c1-12-7-8-22-17(12)14-9-16(21)20-18(15(14)10-19)23-11-13-5-3-2-4-6-13/h2-8,14H,9,11H2,1H3,(H,20,21)/t14-/m1/s1. The van der Waals surface area contributed by atoms with Gasteiger partial charge in [0.25, 0.3) is 0 Å². The van der Waals surface area contributed by atoms with Gasteiger partial charge in [0.15, 0.2) is 0 Å². The van der Waals surface area contributed by atoms with E-state index in [0.29, 0.717) is 17.0 Å². The third-order valence-electron chi connectivity index (χ3n) is 3.80. The maximum Gasteiger partial charge on any atom is 0.225 e. The number of nitriles is 1. The van der Waals surface area contributed by atoms with Gasteiger partial charge in [0.2, 0.25) is 5.91 Å². The van der Waals surface area contributed by atoms with E-state index >= 15 is 0 Å². The van der Waals surface area contributed by atoms with Crippen molar-refractivity contribution in [3.05, 3.63) is 68.4 Å². The molecule has 0 unspecified atom stereocenters. The molecule has 0 bridgehead atoms. The second-order valence-electron chi connectivity index (χ2n) is 5.40. The van der Waals surface area contributed by atoms with Crippen molar-refractivity contribution in [2.45, 2.75) is 25.0 Å². The molecule has 0 spiro atoms. The Morgan fingerprint density at radius 2 is 2.13 bits per heavy atom. The molecule has 0 fully saturated rings. The van der Waals surface area contributed by atoms with Gasteiger partial charge in [0.1, 0.15) is 0 Å². The highest BCUT2D eigenvalue weighted by molar-refractivity contribution is 8.02. The van der Waals surface area contributed by atoms with Gasteiger partial charge in [-0.2, -0.15) is 5.26 Å². The van der Waals surface area contributed by atoms with E-state index in [2.05, 4.69) is 11.4 Å². The molecule has 1 atom stereocenters. The van der Waals surface area contributed by atoms with Crippen molar-refractivity contribution in [2.24, 2.45) is 0 Å². The van der Waals surface area contributed by atoms with Gasteiger partial charge in [-0.15, -0.1) is 23.1 Å². The lowest BCUT2D eigenvalue weighted by molar-refractivity contribution is -0.120. The topological polar surface area (TPSA) is 52.9 Å². The fourth-order valence-electron chi connectivity index (χ4n) is 2.63. The minimum atomic E-state index is -0.118. The van der Waals surface area contributed by atoms with Gasteiger partial charge in [0.05, 0.1) is 16.7 Å². The van der Waals surface area contributed by atoms with E-state index in [1.165, 1.54) is 17.3 Å². The molecule has 1 N–H and O–H groups in total. The van der Waals surface area contributed by atoms with Crippen LogP contribution < -0.4 is 5.32 Å². The van der Waals surface area contributed by atoms with Crippen LogP contribution in [0.5, 0.6) is 0 Å². The second-order valence-corrected chi connectivity index (χ2v) is 7.33. The molecule has 1 aliphatic rings. The van der Waals surface area contributed by atoms with Crippen molar-refractivity contribution in [1.29, 1.82) is 5.26 Å². The number of nitrogens with one attached hydrogen (secondary N) is 1. The third-order valence-corrected chi connectivity index (χ3v) is 6.02. The van der Waals surface area contributed by atoms with E-state index in [0.717, 1.165) is 16.2 Å². The summed E-state index contributed by atoms with van der Waals surface area (Å²) in [5, 5.41) is 15.2. The first-order chi connectivity index (χ1) is 11.2. The van der Waals surface area contributed by atoms with E-state index in [1.54, 1.807) is 11.3 Å². The summed E-state index contributed by atoms with van der Waals surface area (Å²) in [4.78, 5) is 13.2. The van der Waals surface area contributed by atoms with Gasteiger partial charge in [0, 0.05) is 23.0 Å². The number of nitrogens with zero attached hydrogens (tertiary/aromatic N) is 1. The Morgan fingerprint density at radius 3 is 2.78 bits per heavy atom. The Balaban J connectivity index is 1.89. The monoisotopic (exact) mass is 340 g/mol. The average molecular weight is 340 g/mol. The lowest BCUT2D eigenvalue weighted by atomic mass is 9.91. The Labute approximate surface area is 144 Å². The second kappa shape index (κ2) is 7.03. The van der Waals surface area contributed by atoms with E-state index in [4.69, 9.17) is 0 Å². The van der Waals surface area contributed by atoms with Crippen LogP contribution >= 0.6 is 23.1 Å². The number of allylic oxidation sites excluding steroid dienone is 1. The first kappa shape index (κ1) is 15.9. The van der Waals surface area contributed by atoms with Gasteiger partial charge >= 0.3 is 0 Å². The third kappa shape index (κ3) is 3.49. The summed E-state index contributed by atoms with van der Waals surface area (Å²) in [6.07, 6.45) is 0.347. The van der Waals surface area contributed by atoms with E-state index in [1.807, 2.05) is 48.7 Å². The fraction of sp³-hybridized carbons (Fsp3) is 0.222. The molecular formula is C18H16N2OS2. The zero-order valence-corrected chi connectivity index (χ0v) is 14.3. The average Bonchev–Trinajstić information content (AvgIpc) is 2.99. The van der Waals surface area contributed by atoms with E-state index in [-0.39, 0.29) is 11.8 Å². The number of thiophene rings is 1. The van der Waals surface area contributed by atoms with Gasteiger partial charge in [-0.1, -0.05) is 30.3 Å². The van der Waals surface area contributed by atoms with Crippen molar-refractivity contribution >= 4 is 29.0 Å². The number of hydrogen-bond acceptors (Lipinski definition) is 4.